The largest absolute Gasteiger partial charge is 0.379 e. The minimum atomic E-state index is 0.524. The molecule has 122 valence electrons. The second-order valence-corrected chi connectivity index (χ2v) is 8.21. The lowest BCUT2D eigenvalue weighted by Crippen LogP contribution is -2.44. The van der Waals surface area contributed by atoms with E-state index in [9.17, 15) is 0 Å². The summed E-state index contributed by atoms with van der Waals surface area (Å²) in [5.41, 5.74) is 3.72. The maximum atomic E-state index is 5.84. The molecule has 3 saturated heterocycles. The van der Waals surface area contributed by atoms with Crippen LogP contribution in [-0.2, 0) is 11.3 Å². The molecule has 0 N–H and O–H groups in total. The molecule has 0 aliphatic carbocycles. The zero-order valence-corrected chi connectivity index (χ0v) is 14.6. The lowest BCUT2D eigenvalue weighted by Gasteiger charge is -2.42. The maximum Gasteiger partial charge on any atom is 0.0798 e. The number of hydrogen-bond donors (Lipinski definition) is 0. The van der Waals surface area contributed by atoms with Crippen LogP contribution in [0.15, 0.2) is 5.51 Å². The molecule has 0 radical (unpaired) electrons. The molecule has 1 aromatic heterocycles. The fourth-order valence-corrected chi connectivity index (χ4v) is 5.66. The van der Waals surface area contributed by atoms with Crippen molar-refractivity contribution in [3.8, 4) is 0 Å². The highest BCUT2D eigenvalue weighted by molar-refractivity contribution is 7.09. The van der Waals surface area contributed by atoms with Gasteiger partial charge in [-0.1, -0.05) is 6.92 Å². The van der Waals surface area contributed by atoms with Gasteiger partial charge in [0.05, 0.1) is 24.4 Å². The smallest absolute Gasteiger partial charge is 0.0798 e. The van der Waals surface area contributed by atoms with Gasteiger partial charge in [0.15, 0.2) is 0 Å². The van der Waals surface area contributed by atoms with Gasteiger partial charge >= 0.3 is 0 Å². The fourth-order valence-electron chi connectivity index (χ4n) is 4.84. The number of ether oxygens (including phenoxy) is 1. The zero-order chi connectivity index (χ0) is 15.2. The number of aryl methyl sites for hydroxylation is 1. The number of fused-ring (bicyclic) bond motifs is 2. The van der Waals surface area contributed by atoms with Crippen molar-refractivity contribution in [2.75, 3.05) is 39.4 Å². The molecule has 3 aliphatic rings. The minimum Gasteiger partial charge on any atom is -0.379 e. The van der Waals surface area contributed by atoms with Crippen molar-refractivity contribution in [1.29, 1.82) is 0 Å². The Morgan fingerprint density at radius 2 is 2.18 bits per heavy atom. The van der Waals surface area contributed by atoms with Crippen molar-refractivity contribution in [3.05, 3.63) is 16.1 Å². The van der Waals surface area contributed by atoms with Crippen molar-refractivity contribution in [2.45, 2.75) is 39.3 Å². The number of likely N-dealkylation sites (tertiary alicyclic amines) is 2. The van der Waals surface area contributed by atoms with Gasteiger partial charge in [-0.05, 0) is 44.8 Å². The Bertz CT molecular complexity index is 524. The predicted molar refractivity (Wildman–Crippen MR) is 89.1 cm³/mol. The van der Waals surface area contributed by atoms with Crippen LogP contribution < -0.4 is 0 Å². The van der Waals surface area contributed by atoms with Gasteiger partial charge < -0.3 is 4.74 Å². The molecule has 0 bridgehead atoms. The first-order valence-electron chi connectivity index (χ1n) is 8.65. The fraction of sp³-hybridized carbons (Fsp3) is 0.824. The molecule has 4 rings (SSSR count). The summed E-state index contributed by atoms with van der Waals surface area (Å²) >= 11 is 1.81. The van der Waals surface area contributed by atoms with Crippen LogP contribution in [0.3, 0.4) is 0 Å². The number of nitrogens with zero attached hydrogens (tertiary/aromatic N) is 3. The first-order chi connectivity index (χ1) is 10.7. The summed E-state index contributed by atoms with van der Waals surface area (Å²) < 4.78 is 5.84. The van der Waals surface area contributed by atoms with Crippen molar-refractivity contribution >= 4 is 11.3 Å². The first-order valence-corrected chi connectivity index (χ1v) is 9.53. The van der Waals surface area contributed by atoms with E-state index < -0.39 is 0 Å². The summed E-state index contributed by atoms with van der Waals surface area (Å²) in [6, 6.07) is 0.695. The zero-order valence-electron chi connectivity index (χ0n) is 13.8. The van der Waals surface area contributed by atoms with E-state index in [4.69, 9.17) is 4.74 Å². The lowest BCUT2D eigenvalue weighted by atomic mass is 9.70. The van der Waals surface area contributed by atoms with Crippen molar-refractivity contribution < 1.29 is 4.74 Å². The summed E-state index contributed by atoms with van der Waals surface area (Å²) in [6.07, 6.45) is 2.68. The third-order valence-electron chi connectivity index (χ3n) is 6.29. The number of piperidine rings is 1. The van der Waals surface area contributed by atoms with E-state index in [-0.39, 0.29) is 0 Å². The van der Waals surface area contributed by atoms with Crippen LogP contribution in [0.5, 0.6) is 0 Å². The van der Waals surface area contributed by atoms with E-state index in [0.29, 0.717) is 11.5 Å². The SMILES string of the molecule is CCN1CC2(CCN(Cc3scnc3C)CC2)[C@H]2COC[C@H]21. The molecule has 0 aromatic carbocycles. The standard InChI is InChI=1S/C17H27N3OS/c1-3-20-11-17(14-9-21-10-15(14)20)4-6-19(7-5-17)8-16-13(2)18-12-22-16/h12,14-15H,3-11H2,1-2H3/t14-,15+/m0/s1. The number of rotatable bonds is 3. The van der Waals surface area contributed by atoms with E-state index in [1.165, 1.54) is 49.6 Å². The summed E-state index contributed by atoms with van der Waals surface area (Å²) in [6.45, 7) is 12.4. The Hall–Kier alpha value is -0.490. The number of hydrogen-bond acceptors (Lipinski definition) is 5. The number of aromatic nitrogens is 1. The highest BCUT2D eigenvalue weighted by Crippen LogP contribution is 2.50. The third-order valence-corrected chi connectivity index (χ3v) is 7.21. The quantitative estimate of drug-likeness (QED) is 0.855. The monoisotopic (exact) mass is 321 g/mol. The molecule has 0 unspecified atom stereocenters. The summed E-state index contributed by atoms with van der Waals surface area (Å²) in [5.74, 6) is 0.778. The van der Waals surface area contributed by atoms with Gasteiger partial charge in [0.1, 0.15) is 0 Å². The van der Waals surface area contributed by atoms with Gasteiger partial charge in [-0.2, -0.15) is 0 Å². The lowest BCUT2D eigenvalue weighted by molar-refractivity contribution is 0.0480. The molecule has 1 aromatic rings. The molecule has 2 atom stereocenters. The Kier molecular flexibility index (Phi) is 4.01. The third kappa shape index (κ3) is 2.42. The van der Waals surface area contributed by atoms with Crippen LogP contribution in [0.1, 0.15) is 30.3 Å². The van der Waals surface area contributed by atoms with Crippen LogP contribution in [0.2, 0.25) is 0 Å². The highest BCUT2D eigenvalue weighted by Gasteiger charge is 2.54. The van der Waals surface area contributed by atoms with E-state index in [2.05, 4.69) is 28.6 Å². The van der Waals surface area contributed by atoms with Gasteiger partial charge in [0.25, 0.3) is 0 Å². The molecule has 1 spiro atoms. The topological polar surface area (TPSA) is 28.6 Å². The summed E-state index contributed by atoms with van der Waals surface area (Å²) in [7, 11) is 0. The van der Waals surface area contributed by atoms with Crippen molar-refractivity contribution in [1.82, 2.24) is 14.8 Å². The summed E-state index contributed by atoms with van der Waals surface area (Å²) in [4.78, 5) is 11.1. The molecule has 4 heterocycles. The Morgan fingerprint density at radius 1 is 1.36 bits per heavy atom. The van der Waals surface area contributed by atoms with Crippen molar-refractivity contribution in [3.63, 3.8) is 0 Å². The van der Waals surface area contributed by atoms with Crippen molar-refractivity contribution in [2.24, 2.45) is 11.3 Å². The Morgan fingerprint density at radius 3 is 2.86 bits per heavy atom. The molecular weight excluding hydrogens is 294 g/mol. The molecule has 3 fully saturated rings. The van der Waals surface area contributed by atoms with Gasteiger partial charge in [0, 0.05) is 29.9 Å². The average Bonchev–Trinajstić information content (AvgIpc) is 3.21. The van der Waals surface area contributed by atoms with Crippen LogP contribution >= 0.6 is 11.3 Å². The average molecular weight is 321 g/mol. The highest BCUT2D eigenvalue weighted by atomic mass is 32.1. The molecular formula is C17H27N3OS. The molecule has 0 amide bonds. The molecule has 22 heavy (non-hydrogen) atoms. The first kappa shape index (κ1) is 15.1. The minimum absolute atomic E-state index is 0.524. The van der Waals surface area contributed by atoms with Crippen LogP contribution in [0.4, 0.5) is 0 Å². The van der Waals surface area contributed by atoms with Gasteiger partial charge in [0.2, 0.25) is 0 Å². The second kappa shape index (κ2) is 5.86. The van der Waals surface area contributed by atoms with Gasteiger partial charge in [-0.25, -0.2) is 4.98 Å². The second-order valence-electron chi connectivity index (χ2n) is 7.27. The van der Waals surface area contributed by atoms with Gasteiger partial charge in [-0.3, -0.25) is 9.80 Å². The van der Waals surface area contributed by atoms with Gasteiger partial charge in [-0.15, -0.1) is 11.3 Å². The Balaban J connectivity index is 1.42. The van der Waals surface area contributed by atoms with E-state index in [1.54, 1.807) is 11.3 Å². The van der Waals surface area contributed by atoms with Crippen LogP contribution in [0.25, 0.3) is 0 Å². The number of likely N-dealkylation sites (N-methyl/N-ethyl adjacent to an activating group) is 1. The van der Waals surface area contributed by atoms with E-state index in [1.807, 2.05) is 5.51 Å². The molecule has 0 saturated carbocycles. The van der Waals surface area contributed by atoms with E-state index in [0.717, 1.165) is 25.7 Å². The predicted octanol–water partition coefficient (Wildman–Crippen LogP) is 2.38. The number of thiazole rings is 1. The van der Waals surface area contributed by atoms with Crippen LogP contribution in [-0.4, -0.2) is 60.2 Å². The molecule has 3 aliphatic heterocycles. The Labute approximate surface area is 137 Å². The summed E-state index contributed by atoms with van der Waals surface area (Å²) in [5, 5.41) is 0. The maximum absolute atomic E-state index is 5.84. The molecule has 5 heteroatoms. The van der Waals surface area contributed by atoms with Crippen LogP contribution in [0, 0.1) is 18.3 Å². The molecule has 4 nitrogen and oxygen atoms in total. The van der Waals surface area contributed by atoms with E-state index >= 15 is 0 Å². The normalized spacial score (nSPS) is 31.9.